The second-order valence-electron chi connectivity index (χ2n) is 6.99. The van der Waals surface area contributed by atoms with Crippen LogP contribution in [0.3, 0.4) is 0 Å². The summed E-state index contributed by atoms with van der Waals surface area (Å²) in [5.41, 5.74) is 10.1. The fraction of sp³-hybridized carbons (Fsp3) is 0.474. The molecule has 1 aliphatic heterocycles. The number of carbonyl (C=O) groups is 2. The molecule has 1 saturated carbocycles. The first-order chi connectivity index (χ1) is 12.6. The predicted octanol–water partition coefficient (Wildman–Crippen LogP) is 1.70. The smallest absolute Gasteiger partial charge is 0.263 e. The molecule has 1 aromatic rings. The highest BCUT2D eigenvalue weighted by molar-refractivity contribution is 5.97. The van der Waals surface area contributed by atoms with Crippen molar-refractivity contribution in [2.24, 2.45) is 16.0 Å². The van der Waals surface area contributed by atoms with E-state index in [1.54, 1.807) is 0 Å². The number of aliphatic imine (C=N–C) groups is 1. The Balaban J connectivity index is 1.56. The zero-order valence-electron chi connectivity index (χ0n) is 15.0. The molecule has 7 nitrogen and oxygen atoms in total. The molecule has 1 aliphatic carbocycles. The van der Waals surface area contributed by atoms with Crippen molar-refractivity contribution in [3.8, 4) is 0 Å². The van der Waals surface area contributed by atoms with E-state index in [0.29, 0.717) is 18.2 Å². The molecular weight excluding hydrogens is 330 g/mol. The number of benzene rings is 1. The monoisotopic (exact) mass is 355 g/mol. The molecular formula is C19H25N5O2. The Labute approximate surface area is 153 Å². The first-order valence-electron chi connectivity index (χ1n) is 9.11. The van der Waals surface area contributed by atoms with Gasteiger partial charge in [-0.2, -0.15) is 5.10 Å². The van der Waals surface area contributed by atoms with Crippen LogP contribution in [0.2, 0.25) is 0 Å². The van der Waals surface area contributed by atoms with E-state index in [-0.39, 0.29) is 18.2 Å². The van der Waals surface area contributed by atoms with E-state index in [0.717, 1.165) is 30.5 Å². The fourth-order valence-corrected chi connectivity index (χ4v) is 3.24. The molecule has 0 aromatic heterocycles. The van der Waals surface area contributed by atoms with E-state index in [4.69, 9.17) is 0 Å². The summed E-state index contributed by atoms with van der Waals surface area (Å²) in [6.07, 6.45) is 4.73. The number of hydrazone groups is 1. The van der Waals surface area contributed by atoms with Crippen LogP contribution in [0.15, 0.2) is 40.4 Å². The number of hydrazine groups is 1. The van der Waals surface area contributed by atoms with Crippen molar-refractivity contribution in [2.45, 2.75) is 51.5 Å². The molecule has 1 fully saturated rings. The summed E-state index contributed by atoms with van der Waals surface area (Å²) >= 11 is 0. The first-order valence-corrected chi connectivity index (χ1v) is 9.11. The zero-order valence-corrected chi connectivity index (χ0v) is 15.0. The zero-order chi connectivity index (χ0) is 18.4. The van der Waals surface area contributed by atoms with E-state index >= 15 is 0 Å². The molecule has 0 spiro atoms. The van der Waals surface area contributed by atoms with Gasteiger partial charge in [0.25, 0.3) is 5.91 Å². The van der Waals surface area contributed by atoms with Crippen LogP contribution in [0.5, 0.6) is 0 Å². The highest BCUT2D eigenvalue weighted by atomic mass is 16.2. The Morgan fingerprint density at radius 3 is 2.88 bits per heavy atom. The molecule has 2 amide bonds. The van der Waals surface area contributed by atoms with Gasteiger partial charge in [0, 0.05) is 12.1 Å². The van der Waals surface area contributed by atoms with Crippen LogP contribution in [0.4, 0.5) is 0 Å². The van der Waals surface area contributed by atoms with Crippen LogP contribution < -0.4 is 16.3 Å². The van der Waals surface area contributed by atoms with Gasteiger partial charge in [0.05, 0.1) is 6.42 Å². The quantitative estimate of drug-likeness (QED) is 0.702. The fourth-order valence-electron chi connectivity index (χ4n) is 3.24. The van der Waals surface area contributed by atoms with Crippen molar-refractivity contribution >= 4 is 23.4 Å². The summed E-state index contributed by atoms with van der Waals surface area (Å²) in [5, 5.41) is 4.23. The minimum Gasteiger partial charge on any atom is -0.285 e. The molecule has 7 heteroatoms. The van der Waals surface area contributed by atoms with Gasteiger partial charge in [-0.05, 0) is 37.2 Å². The van der Waals surface area contributed by atoms with Crippen LogP contribution in [0, 0.1) is 5.92 Å². The third-order valence-corrected chi connectivity index (χ3v) is 4.62. The second kappa shape index (κ2) is 8.60. The van der Waals surface area contributed by atoms with Crippen molar-refractivity contribution < 1.29 is 9.59 Å². The number of amidine groups is 1. The van der Waals surface area contributed by atoms with Gasteiger partial charge in [-0.3, -0.25) is 25.4 Å². The molecule has 3 N–H and O–H groups in total. The Bertz CT molecular complexity index is 714. The summed E-state index contributed by atoms with van der Waals surface area (Å²) in [6.45, 7) is 2.19. The van der Waals surface area contributed by atoms with Gasteiger partial charge in [-0.15, -0.1) is 0 Å². The van der Waals surface area contributed by atoms with Gasteiger partial charge >= 0.3 is 0 Å². The molecule has 0 radical (unpaired) electrons. The normalized spacial score (nSPS) is 24.4. The number of nitrogens with one attached hydrogen (secondary N) is 3. The Kier molecular flexibility index (Phi) is 5.99. The lowest BCUT2D eigenvalue weighted by Gasteiger charge is -2.22. The molecule has 1 aromatic carbocycles. The second-order valence-corrected chi connectivity index (χ2v) is 6.99. The van der Waals surface area contributed by atoms with Gasteiger partial charge in [-0.1, -0.05) is 37.3 Å². The predicted molar refractivity (Wildman–Crippen MR) is 100 cm³/mol. The Morgan fingerprint density at radius 2 is 2.12 bits per heavy atom. The number of amides is 2. The van der Waals surface area contributed by atoms with Crippen molar-refractivity contribution in [3.63, 3.8) is 0 Å². The molecule has 3 rings (SSSR count). The van der Waals surface area contributed by atoms with Crippen molar-refractivity contribution in [2.75, 3.05) is 0 Å². The Morgan fingerprint density at radius 1 is 1.31 bits per heavy atom. The number of hydrogen-bond donors (Lipinski definition) is 3. The summed E-state index contributed by atoms with van der Waals surface area (Å²) < 4.78 is 0. The van der Waals surface area contributed by atoms with E-state index in [9.17, 15) is 9.59 Å². The van der Waals surface area contributed by atoms with Crippen LogP contribution in [0.1, 0.15) is 44.6 Å². The van der Waals surface area contributed by atoms with Crippen LogP contribution in [-0.2, 0) is 16.0 Å². The average molecular weight is 355 g/mol. The van der Waals surface area contributed by atoms with E-state index in [1.165, 1.54) is 6.42 Å². The molecule has 0 unspecified atom stereocenters. The number of rotatable bonds is 5. The van der Waals surface area contributed by atoms with Gasteiger partial charge in [0.2, 0.25) is 5.91 Å². The van der Waals surface area contributed by atoms with Crippen LogP contribution >= 0.6 is 0 Å². The van der Waals surface area contributed by atoms with Gasteiger partial charge < -0.3 is 0 Å². The molecule has 0 saturated heterocycles. The number of carbonyl (C=O) groups excluding carboxylic acids is 2. The van der Waals surface area contributed by atoms with Crippen molar-refractivity contribution in [3.05, 3.63) is 35.9 Å². The van der Waals surface area contributed by atoms with E-state index < -0.39 is 6.04 Å². The van der Waals surface area contributed by atoms with Gasteiger partial charge in [0.1, 0.15) is 11.9 Å². The minimum absolute atomic E-state index is 0.0157. The minimum atomic E-state index is -0.736. The van der Waals surface area contributed by atoms with Crippen molar-refractivity contribution in [1.82, 2.24) is 16.3 Å². The summed E-state index contributed by atoms with van der Waals surface area (Å²) in [5.74, 6) is 0.650. The van der Waals surface area contributed by atoms with Crippen LogP contribution in [0.25, 0.3) is 0 Å². The Hall–Kier alpha value is -2.70. The highest BCUT2D eigenvalue weighted by Crippen LogP contribution is 2.20. The summed E-state index contributed by atoms with van der Waals surface area (Å²) in [7, 11) is 0. The maximum atomic E-state index is 12.2. The number of hydrogen-bond acceptors (Lipinski definition) is 5. The molecule has 2 aliphatic rings. The van der Waals surface area contributed by atoms with Crippen LogP contribution in [-0.4, -0.2) is 29.4 Å². The third kappa shape index (κ3) is 5.15. The lowest BCUT2D eigenvalue weighted by Crippen LogP contribution is -2.52. The third-order valence-electron chi connectivity index (χ3n) is 4.62. The van der Waals surface area contributed by atoms with Crippen molar-refractivity contribution in [1.29, 1.82) is 0 Å². The SMILES string of the molecule is C[C@@H]1CCC/C(=N/NC(=O)C[C@H]2N=C(Cc3ccccc3)NNC2=O)C1. The topological polar surface area (TPSA) is 94.9 Å². The first kappa shape index (κ1) is 18.1. The molecule has 2 atom stereocenters. The maximum Gasteiger partial charge on any atom is 0.263 e. The van der Waals surface area contributed by atoms with Gasteiger partial charge in [0.15, 0.2) is 0 Å². The highest BCUT2D eigenvalue weighted by Gasteiger charge is 2.26. The maximum absolute atomic E-state index is 12.2. The standard InChI is InChI=1S/C19H25N5O2/c1-13-6-5-9-15(10-13)21-23-18(25)12-16-19(26)24-22-17(20-16)11-14-7-3-2-4-8-14/h2-4,7-8,13,16H,5-6,9-12H2,1H3,(H,20,22)(H,23,25)(H,24,26)/b21-15-/t13-,16-/m1/s1. The summed E-state index contributed by atoms with van der Waals surface area (Å²) in [4.78, 5) is 28.5. The van der Waals surface area contributed by atoms with Gasteiger partial charge in [-0.25, -0.2) is 5.43 Å². The molecule has 1 heterocycles. The molecule has 138 valence electrons. The molecule has 0 bridgehead atoms. The molecule has 26 heavy (non-hydrogen) atoms. The summed E-state index contributed by atoms with van der Waals surface area (Å²) in [6, 6.07) is 9.10. The lowest BCUT2D eigenvalue weighted by molar-refractivity contribution is -0.128. The van der Waals surface area contributed by atoms with E-state index in [2.05, 4.69) is 33.3 Å². The number of nitrogens with zero attached hydrogens (tertiary/aromatic N) is 2. The lowest BCUT2D eigenvalue weighted by atomic mass is 9.89. The average Bonchev–Trinajstić information content (AvgIpc) is 2.64. The largest absolute Gasteiger partial charge is 0.285 e. The van der Waals surface area contributed by atoms with E-state index in [1.807, 2.05) is 30.3 Å².